The van der Waals surface area contributed by atoms with Crippen molar-refractivity contribution in [3.63, 3.8) is 0 Å². The van der Waals surface area contributed by atoms with Crippen LogP contribution in [0.3, 0.4) is 0 Å². The summed E-state index contributed by atoms with van der Waals surface area (Å²) in [5, 5.41) is 13.1. The third-order valence-corrected chi connectivity index (χ3v) is 3.21. The first-order valence-electron chi connectivity index (χ1n) is 5.58. The van der Waals surface area contributed by atoms with Crippen LogP contribution >= 0.6 is 0 Å². The Morgan fingerprint density at radius 3 is 2.94 bits per heavy atom. The molecule has 0 atom stereocenters. The summed E-state index contributed by atoms with van der Waals surface area (Å²) in [5.41, 5.74) is 1.08. The molecule has 2 nitrogen and oxygen atoms in total. The maximum atomic E-state index is 4.07. The van der Waals surface area contributed by atoms with E-state index in [9.17, 15) is 0 Å². The number of hydrogen-bond donors (Lipinski definition) is 1. The summed E-state index contributed by atoms with van der Waals surface area (Å²) in [4.78, 5) is 0. The first-order chi connectivity index (χ1) is 8.42. The topological polar surface area (TPSA) is 28.7 Å². The fraction of sp³-hybridized carbons (Fsp3) is 0. The Labute approximate surface area is 97.9 Å². The average Bonchev–Trinajstić information content (AvgIpc) is 2.83. The lowest BCUT2D eigenvalue weighted by molar-refractivity contribution is 1.12. The second-order valence-electron chi connectivity index (χ2n) is 4.23. The monoisotopic (exact) mass is 217 g/mol. The number of nitrogens with one attached hydrogen (secondary N) is 1. The second kappa shape index (κ2) is 3.08. The van der Waals surface area contributed by atoms with Gasteiger partial charge in [0.1, 0.15) is 0 Å². The van der Waals surface area contributed by atoms with Crippen LogP contribution in [0.2, 0.25) is 0 Å². The Bertz CT molecular complexity index is 843. The van der Waals surface area contributed by atoms with Crippen LogP contribution in [0.5, 0.6) is 0 Å². The molecule has 0 aliphatic carbocycles. The number of rotatable bonds is 0. The van der Waals surface area contributed by atoms with Crippen molar-refractivity contribution in [1.82, 2.24) is 10.2 Å². The molecule has 3 aromatic carbocycles. The Morgan fingerprint density at radius 2 is 1.94 bits per heavy atom. The van der Waals surface area contributed by atoms with Crippen LogP contribution in [0, 0.1) is 6.07 Å². The molecule has 0 fully saturated rings. The number of hydrogen-bond acceptors (Lipinski definition) is 1. The van der Waals surface area contributed by atoms with E-state index in [-0.39, 0.29) is 0 Å². The molecule has 2 heteroatoms. The lowest BCUT2D eigenvalue weighted by atomic mass is 10.0. The van der Waals surface area contributed by atoms with Gasteiger partial charge in [-0.15, -0.1) is 0 Å². The van der Waals surface area contributed by atoms with Crippen LogP contribution in [0.1, 0.15) is 0 Å². The summed E-state index contributed by atoms with van der Waals surface area (Å²) in [7, 11) is 0. The van der Waals surface area contributed by atoms with Crippen molar-refractivity contribution >= 4 is 32.4 Å². The SMILES string of the molecule is [c]1cccc2ccc3cc4[nH]ncc4cc3c12. The number of aromatic amines is 1. The molecule has 1 radical (unpaired) electrons. The highest BCUT2D eigenvalue weighted by atomic mass is 15.1. The largest absolute Gasteiger partial charge is 0.278 e. The van der Waals surface area contributed by atoms with E-state index in [4.69, 9.17) is 0 Å². The summed E-state index contributed by atoms with van der Waals surface area (Å²) in [5.74, 6) is 0. The Hall–Kier alpha value is -2.35. The van der Waals surface area contributed by atoms with E-state index in [0.29, 0.717) is 0 Å². The standard InChI is InChI=1S/C15H9N2/c1-2-4-13-10(3-1)5-6-11-8-15-12(7-14(11)13)9-16-17-15/h1-3,5-9H,(H,16,17). The van der Waals surface area contributed by atoms with Gasteiger partial charge >= 0.3 is 0 Å². The maximum Gasteiger partial charge on any atom is 0.0656 e. The zero-order chi connectivity index (χ0) is 11.2. The Kier molecular flexibility index (Phi) is 1.59. The predicted molar refractivity (Wildman–Crippen MR) is 69.9 cm³/mol. The summed E-state index contributed by atoms with van der Waals surface area (Å²) in [6, 6.07) is 18.0. The summed E-state index contributed by atoms with van der Waals surface area (Å²) in [6.45, 7) is 0. The van der Waals surface area contributed by atoms with Gasteiger partial charge in [-0.1, -0.05) is 30.3 Å². The van der Waals surface area contributed by atoms with Crippen LogP contribution < -0.4 is 0 Å². The molecule has 1 heterocycles. The molecule has 1 N–H and O–H groups in total. The molecule has 0 saturated heterocycles. The molecule has 0 aliphatic heterocycles. The Morgan fingerprint density at radius 1 is 1.00 bits per heavy atom. The maximum absolute atomic E-state index is 4.07. The number of aromatic nitrogens is 2. The predicted octanol–water partition coefficient (Wildman–Crippen LogP) is 3.67. The Balaban J connectivity index is 2.30. The van der Waals surface area contributed by atoms with Gasteiger partial charge in [0.05, 0.1) is 11.7 Å². The van der Waals surface area contributed by atoms with E-state index in [0.717, 1.165) is 10.9 Å². The quantitative estimate of drug-likeness (QED) is 0.447. The minimum atomic E-state index is 1.08. The molecule has 4 rings (SSSR count). The van der Waals surface area contributed by atoms with Gasteiger partial charge in [-0.05, 0) is 39.7 Å². The molecule has 0 bridgehead atoms. The van der Waals surface area contributed by atoms with Gasteiger partial charge < -0.3 is 0 Å². The molecule has 0 saturated carbocycles. The van der Waals surface area contributed by atoms with Crippen molar-refractivity contribution in [3.05, 3.63) is 54.7 Å². The number of H-pyrrole nitrogens is 1. The zero-order valence-corrected chi connectivity index (χ0v) is 9.07. The molecule has 4 aromatic rings. The van der Waals surface area contributed by atoms with Crippen LogP contribution in [-0.2, 0) is 0 Å². The van der Waals surface area contributed by atoms with Crippen molar-refractivity contribution in [2.45, 2.75) is 0 Å². The van der Waals surface area contributed by atoms with E-state index in [1.807, 2.05) is 18.3 Å². The van der Waals surface area contributed by atoms with Gasteiger partial charge in [0, 0.05) is 5.39 Å². The van der Waals surface area contributed by atoms with Crippen LogP contribution in [0.15, 0.2) is 48.7 Å². The molecule has 0 unspecified atom stereocenters. The van der Waals surface area contributed by atoms with Crippen LogP contribution in [0.25, 0.3) is 32.4 Å². The van der Waals surface area contributed by atoms with Gasteiger partial charge in [0.2, 0.25) is 0 Å². The fourth-order valence-corrected chi connectivity index (χ4v) is 2.36. The zero-order valence-electron chi connectivity index (χ0n) is 9.07. The summed E-state index contributed by atoms with van der Waals surface area (Å²) >= 11 is 0. The normalized spacial score (nSPS) is 11.5. The first-order valence-corrected chi connectivity index (χ1v) is 5.58. The van der Waals surface area contributed by atoms with Crippen LogP contribution in [-0.4, -0.2) is 10.2 Å². The fourth-order valence-electron chi connectivity index (χ4n) is 2.36. The van der Waals surface area contributed by atoms with Crippen molar-refractivity contribution in [2.24, 2.45) is 0 Å². The van der Waals surface area contributed by atoms with E-state index in [1.54, 1.807) is 0 Å². The third-order valence-electron chi connectivity index (χ3n) is 3.21. The minimum Gasteiger partial charge on any atom is -0.278 e. The van der Waals surface area contributed by atoms with E-state index < -0.39 is 0 Å². The van der Waals surface area contributed by atoms with E-state index in [2.05, 4.69) is 46.6 Å². The molecule has 1 aromatic heterocycles. The van der Waals surface area contributed by atoms with Crippen molar-refractivity contribution in [2.75, 3.05) is 0 Å². The molecule has 0 aliphatic rings. The highest BCUT2D eigenvalue weighted by Crippen LogP contribution is 2.28. The smallest absolute Gasteiger partial charge is 0.0656 e. The first kappa shape index (κ1) is 8.76. The lowest BCUT2D eigenvalue weighted by Crippen LogP contribution is -1.78. The average molecular weight is 217 g/mol. The van der Waals surface area contributed by atoms with Gasteiger partial charge in [-0.2, -0.15) is 5.10 Å². The van der Waals surface area contributed by atoms with E-state index >= 15 is 0 Å². The van der Waals surface area contributed by atoms with Gasteiger partial charge in [0.15, 0.2) is 0 Å². The van der Waals surface area contributed by atoms with Crippen molar-refractivity contribution in [1.29, 1.82) is 0 Å². The molecular weight excluding hydrogens is 208 g/mol. The summed E-state index contributed by atoms with van der Waals surface area (Å²) < 4.78 is 0. The molecular formula is C15H9N2. The van der Waals surface area contributed by atoms with Crippen molar-refractivity contribution < 1.29 is 0 Å². The lowest BCUT2D eigenvalue weighted by Gasteiger charge is -2.03. The van der Waals surface area contributed by atoms with Gasteiger partial charge in [-0.25, -0.2) is 0 Å². The highest BCUT2D eigenvalue weighted by Gasteiger charge is 2.03. The number of fused-ring (bicyclic) bond motifs is 4. The van der Waals surface area contributed by atoms with Gasteiger partial charge in [0.25, 0.3) is 0 Å². The second-order valence-corrected chi connectivity index (χ2v) is 4.23. The molecule has 79 valence electrons. The van der Waals surface area contributed by atoms with Crippen LogP contribution in [0.4, 0.5) is 0 Å². The van der Waals surface area contributed by atoms with E-state index in [1.165, 1.54) is 21.5 Å². The molecule has 0 amide bonds. The van der Waals surface area contributed by atoms with Gasteiger partial charge in [-0.3, -0.25) is 5.10 Å². The number of benzene rings is 3. The highest BCUT2D eigenvalue weighted by molar-refractivity contribution is 6.11. The molecule has 0 spiro atoms. The minimum absolute atomic E-state index is 1.08. The molecule has 17 heavy (non-hydrogen) atoms. The summed E-state index contributed by atoms with van der Waals surface area (Å²) in [6.07, 6.45) is 1.86. The number of nitrogens with zero attached hydrogens (tertiary/aromatic N) is 1. The third kappa shape index (κ3) is 1.18. The van der Waals surface area contributed by atoms with Crippen molar-refractivity contribution in [3.8, 4) is 0 Å².